The third kappa shape index (κ3) is 2.45. The molecular formula is C13H11FN2O2. The van der Waals surface area contributed by atoms with Crippen LogP contribution in [0.4, 0.5) is 4.39 Å². The Morgan fingerprint density at radius 1 is 1.28 bits per heavy atom. The number of rotatable bonds is 3. The second-order valence-corrected chi connectivity index (χ2v) is 3.84. The van der Waals surface area contributed by atoms with Crippen molar-refractivity contribution in [1.82, 2.24) is 4.57 Å². The van der Waals surface area contributed by atoms with Crippen molar-refractivity contribution in [2.24, 2.45) is 5.73 Å². The molecule has 0 saturated heterocycles. The third-order valence-corrected chi connectivity index (χ3v) is 2.57. The molecule has 0 unspecified atom stereocenters. The number of amides is 1. The highest BCUT2D eigenvalue weighted by atomic mass is 19.1. The van der Waals surface area contributed by atoms with E-state index in [1.54, 1.807) is 18.3 Å². The normalized spacial score (nSPS) is 10.3. The molecule has 0 spiro atoms. The van der Waals surface area contributed by atoms with Crippen molar-refractivity contribution < 1.29 is 9.18 Å². The summed E-state index contributed by atoms with van der Waals surface area (Å²) in [5.74, 6) is -1.10. The molecule has 1 amide bonds. The molecule has 1 heterocycles. The molecule has 2 rings (SSSR count). The second kappa shape index (κ2) is 4.83. The Kier molecular flexibility index (Phi) is 3.23. The maximum Gasteiger partial charge on any atom is 0.250 e. The van der Waals surface area contributed by atoms with Crippen LogP contribution < -0.4 is 11.3 Å². The number of carbonyl (C=O) groups excluding carboxylic acids is 1. The molecule has 0 atom stereocenters. The van der Waals surface area contributed by atoms with Crippen LogP contribution >= 0.6 is 0 Å². The van der Waals surface area contributed by atoms with E-state index in [0.717, 1.165) is 0 Å². The van der Waals surface area contributed by atoms with E-state index in [1.165, 1.54) is 28.8 Å². The Balaban J connectivity index is 2.40. The Labute approximate surface area is 102 Å². The predicted molar refractivity (Wildman–Crippen MR) is 64.7 cm³/mol. The van der Waals surface area contributed by atoms with Gasteiger partial charge in [-0.25, -0.2) is 4.39 Å². The van der Waals surface area contributed by atoms with E-state index in [1.807, 2.05) is 0 Å². The molecule has 0 aliphatic carbocycles. The zero-order valence-corrected chi connectivity index (χ0v) is 9.47. The van der Waals surface area contributed by atoms with E-state index in [4.69, 9.17) is 5.73 Å². The van der Waals surface area contributed by atoms with Gasteiger partial charge in [0.15, 0.2) is 0 Å². The highest BCUT2D eigenvalue weighted by Gasteiger charge is 2.08. The van der Waals surface area contributed by atoms with Crippen molar-refractivity contribution in [3.63, 3.8) is 0 Å². The number of benzene rings is 1. The van der Waals surface area contributed by atoms with E-state index < -0.39 is 11.7 Å². The first-order valence-electron chi connectivity index (χ1n) is 5.31. The molecule has 0 saturated carbocycles. The first-order chi connectivity index (χ1) is 8.58. The molecule has 2 aromatic rings. The summed E-state index contributed by atoms with van der Waals surface area (Å²) in [6, 6.07) is 8.51. The van der Waals surface area contributed by atoms with Gasteiger partial charge in [0, 0.05) is 23.4 Å². The van der Waals surface area contributed by atoms with Gasteiger partial charge in [-0.05, 0) is 24.3 Å². The van der Waals surface area contributed by atoms with Gasteiger partial charge in [0.25, 0.3) is 5.56 Å². The molecule has 0 radical (unpaired) electrons. The van der Waals surface area contributed by atoms with Crippen LogP contribution in [0.3, 0.4) is 0 Å². The number of halogens is 1. The SMILES string of the molecule is NC(=O)c1ccc(F)c(Cn2ccccc2=O)c1. The van der Waals surface area contributed by atoms with E-state index in [0.29, 0.717) is 0 Å². The van der Waals surface area contributed by atoms with E-state index in [-0.39, 0.29) is 23.2 Å². The molecule has 18 heavy (non-hydrogen) atoms. The second-order valence-electron chi connectivity index (χ2n) is 3.84. The first kappa shape index (κ1) is 12.0. The zero-order chi connectivity index (χ0) is 13.1. The Hall–Kier alpha value is -2.43. The van der Waals surface area contributed by atoms with Gasteiger partial charge in [0.05, 0.1) is 6.54 Å². The average Bonchev–Trinajstić information content (AvgIpc) is 2.34. The van der Waals surface area contributed by atoms with Crippen molar-refractivity contribution in [3.05, 3.63) is 69.9 Å². The molecule has 1 aromatic heterocycles. The highest BCUT2D eigenvalue weighted by molar-refractivity contribution is 5.92. The lowest BCUT2D eigenvalue weighted by Gasteiger charge is -2.07. The van der Waals surface area contributed by atoms with Crippen LogP contribution in [0.2, 0.25) is 0 Å². The summed E-state index contributed by atoms with van der Waals surface area (Å²) in [7, 11) is 0. The van der Waals surface area contributed by atoms with Crippen LogP contribution in [-0.4, -0.2) is 10.5 Å². The minimum atomic E-state index is -0.628. The number of pyridine rings is 1. The molecule has 1 aromatic carbocycles. The van der Waals surface area contributed by atoms with Crippen LogP contribution in [0.15, 0.2) is 47.4 Å². The predicted octanol–water partition coefficient (Wildman–Crippen LogP) is 1.13. The van der Waals surface area contributed by atoms with Gasteiger partial charge in [0.1, 0.15) is 5.82 Å². The van der Waals surface area contributed by atoms with Gasteiger partial charge < -0.3 is 10.3 Å². The minimum Gasteiger partial charge on any atom is -0.366 e. The Morgan fingerprint density at radius 2 is 2.06 bits per heavy atom. The van der Waals surface area contributed by atoms with E-state index >= 15 is 0 Å². The summed E-state index contributed by atoms with van der Waals surface area (Å²) in [6.07, 6.45) is 1.55. The Bertz CT molecular complexity index is 649. The van der Waals surface area contributed by atoms with Crippen molar-refractivity contribution >= 4 is 5.91 Å². The average molecular weight is 246 g/mol. The van der Waals surface area contributed by atoms with Gasteiger partial charge >= 0.3 is 0 Å². The molecule has 0 aliphatic heterocycles. The number of carbonyl (C=O) groups is 1. The lowest BCUT2D eigenvalue weighted by atomic mass is 10.1. The summed E-state index contributed by atoms with van der Waals surface area (Å²) < 4.78 is 14.9. The molecule has 0 aliphatic rings. The summed E-state index contributed by atoms with van der Waals surface area (Å²) in [6.45, 7) is 0.0621. The van der Waals surface area contributed by atoms with Gasteiger partial charge in [-0.2, -0.15) is 0 Å². The van der Waals surface area contributed by atoms with Crippen molar-refractivity contribution in [1.29, 1.82) is 0 Å². The highest BCUT2D eigenvalue weighted by Crippen LogP contribution is 2.11. The largest absolute Gasteiger partial charge is 0.366 e. The lowest BCUT2D eigenvalue weighted by molar-refractivity contribution is 0.1000. The molecule has 4 nitrogen and oxygen atoms in total. The van der Waals surface area contributed by atoms with Crippen LogP contribution in [0.25, 0.3) is 0 Å². The standard InChI is InChI=1S/C13H11FN2O2/c14-11-5-4-9(13(15)18)7-10(11)8-16-6-2-1-3-12(16)17/h1-7H,8H2,(H2,15,18). The van der Waals surface area contributed by atoms with Crippen molar-refractivity contribution in [2.45, 2.75) is 6.54 Å². The fourth-order valence-corrected chi connectivity index (χ4v) is 1.62. The van der Waals surface area contributed by atoms with Crippen LogP contribution in [0.5, 0.6) is 0 Å². The molecule has 92 valence electrons. The smallest absolute Gasteiger partial charge is 0.250 e. The quantitative estimate of drug-likeness (QED) is 0.882. The van der Waals surface area contributed by atoms with Crippen molar-refractivity contribution in [2.75, 3.05) is 0 Å². The van der Waals surface area contributed by atoms with Gasteiger partial charge in [0.2, 0.25) is 5.91 Å². The number of nitrogens with two attached hydrogens (primary N) is 1. The van der Waals surface area contributed by atoms with Gasteiger partial charge in [-0.15, -0.1) is 0 Å². The fourth-order valence-electron chi connectivity index (χ4n) is 1.62. The zero-order valence-electron chi connectivity index (χ0n) is 9.47. The molecule has 0 bridgehead atoms. The summed E-state index contributed by atoms with van der Waals surface area (Å²) in [5, 5.41) is 0. The maximum atomic E-state index is 13.6. The monoisotopic (exact) mass is 246 g/mol. The number of hydrogen-bond donors (Lipinski definition) is 1. The van der Waals surface area contributed by atoms with Crippen LogP contribution in [0.1, 0.15) is 15.9 Å². The first-order valence-corrected chi connectivity index (χ1v) is 5.31. The molecule has 0 fully saturated rings. The van der Waals surface area contributed by atoms with Crippen LogP contribution in [0, 0.1) is 5.82 Å². The maximum absolute atomic E-state index is 13.6. The van der Waals surface area contributed by atoms with E-state index in [9.17, 15) is 14.0 Å². The molecule has 2 N–H and O–H groups in total. The van der Waals surface area contributed by atoms with Crippen molar-refractivity contribution in [3.8, 4) is 0 Å². The van der Waals surface area contributed by atoms with Gasteiger partial charge in [-0.3, -0.25) is 9.59 Å². The fraction of sp³-hybridized carbons (Fsp3) is 0.0769. The van der Waals surface area contributed by atoms with Crippen LogP contribution in [-0.2, 0) is 6.54 Å². The number of hydrogen-bond acceptors (Lipinski definition) is 2. The summed E-state index contributed by atoms with van der Waals surface area (Å²) in [5.41, 5.74) is 5.36. The number of aromatic nitrogens is 1. The lowest BCUT2D eigenvalue weighted by Crippen LogP contribution is -2.19. The topological polar surface area (TPSA) is 65.1 Å². The molecule has 5 heteroatoms. The summed E-state index contributed by atoms with van der Waals surface area (Å²) >= 11 is 0. The van der Waals surface area contributed by atoms with E-state index in [2.05, 4.69) is 0 Å². The minimum absolute atomic E-state index is 0.0621. The van der Waals surface area contributed by atoms with Gasteiger partial charge in [-0.1, -0.05) is 6.07 Å². The summed E-state index contributed by atoms with van der Waals surface area (Å²) in [4.78, 5) is 22.5. The number of primary amides is 1. The third-order valence-electron chi connectivity index (χ3n) is 2.57. The number of nitrogens with zero attached hydrogens (tertiary/aromatic N) is 1. The Morgan fingerprint density at radius 3 is 2.72 bits per heavy atom. The molecular weight excluding hydrogens is 235 g/mol.